The van der Waals surface area contributed by atoms with Crippen molar-refractivity contribution in [3.8, 4) is 0 Å². The fourth-order valence-electron chi connectivity index (χ4n) is 0.811. The average Bonchev–Trinajstić information content (AvgIpc) is 1.91. The molecule has 0 N–H and O–H groups in total. The highest BCUT2D eigenvalue weighted by atomic mass is 31.0. The highest BCUT2D eigenvalue weighted by molar-refractivity contribution is 7.16. The van der Waals surface area contributed by atoms with Crippen molar-refractivity contribution >= 4 is 9.24 Å². The van der Waals surface area contributed by atoms with Crippen LogP contribution in [0.15, 0.2) is 30.3 Å². The molecular weight excluding hydrogens is 127 g/mol. The maximum absolute atomic E-state index is 2.73. The molecule has 0 heterocycles. The zero-order valence-corrected chi connectivity index (χ0v) is 6.53. The molecule has 1 rings (SSSR count). The van der Waals surface area contributed by atoms with Crippen molar-refractivity contribution in [2.45, 2.75) is 6.42 Å². The van der Waals surface area contributed by atoms with Crippen LogP contribution >= 0.6 is 9.24 Å². The summed E-state index contributed by atoms with van der Waals surface area (Å²) in [7, 11) is 2.73. The molecule has 0 aliphatic carbocycles. The molecule has 0 nitrogen and oxygen atoms in total. The Morgan fingerprint density at radius 1 is 1.11 bits per heavy atom. The van der Waals surface area contributed by atoms with Gasteiger partial charge in [-0.05, 0) is 18.1 Å². The van der Waals surface area contributed by atoms with E-state index in [1.807, 2.05) is 6.07 Å². The van der Waals surface area contributed by atoms with Crippen LogP contribution < -0.4 is 0 Å². The van der Waals surface area contributed by atoms with Crippen molar-refractivity contribution in [1.82, 2.24) is 0 Å². The van der Waals surface area contributed by atoms with Crippen LogP contribution in [0, 0.1) is 0 Å². The lowest BCUT2D eigenvalue weighted by Gasteiger charge is -1.93. The SMILES string of the molecule is PCCc1ccccc1. The van der Waals surface area contributed by atoms with Crippen molar-refractivity contribution in [3.63, 3.8) is 0 Å². The van der Waals surface area contributed by atoms with Gasteiger partial charge in [-0.25, -0.2) is 0 Å². The van der Waals surface area contributed by atoms with E-state index in [2.05, 4.69) is 33.5 Å². The van der Waals surface area contributed by atoms with Crippen LogP contribution in [-0.2, 0) is 6.42 Å². The van der Waals surface area contributed by atoms with Gasteiger partial charge in [0.05, 0.1) is 0 Å². The lowest BCUT2D eigenvalue weighted by molar-refractivity contribution is 1.16. The van der Waals surface area contributed by atoms with Gasteiger partial charge in [0.1, 0.15) is 0 Å². The molecule has 0 aromatic heterocycles. The second kappa shape index (κ2) is 3.63. The summed E-state index contributed by atoms with van der Waals surface area (Å²) in [6.07, 6.45) is 2.33. The minimum absolute atomic E-state index is 1.16. The summed E-state index contributed by atoms with van der Waals surface area (Å²) in [5.74, 6) is 0. The Labute approximate surface area is 58.5 Å². The lowest BCUT2D eigenvalue weighted by atomic mass is 10.2. The maximum atomic E-state index is 2.73. The fourth-order valence-corrected chi connectivity index (χ4v) is 1.14. The van der Waals surface area contributed by atoms with Crippen LogP contribution in [0.5, 0.6) is 0 Å². The first kappa shape index (κ1) is 6.77. The van der Waals surface area contributed by atoms with Gasteiger partial charge < -0.3 is 0 Å². The first-order valence-electron chi connectivity index (χ1n) is 3.17. The third kappa shape index (κ3) is 2.15. The molecule has 0 radical (unpaired) electrons. The quantitative estimate of drug-likeness (QED) is 0.549. The van der Waals surface area contributed by atoms with Gasteiger partial charge in [0.2, 0.25) is 0 Å². The fraction of sp³-hybridized carbons (Fsp3) is 0.250. The van der Waals surface area contributed by atoms with E-state index in [9.17, 15) is 0 Å². The topological polar surface area (TPSA) is 0 Å². The molecule has 0 spiro atoms. The zero-order chi connectivity index (χ0) is 6.53. The summed E-state index contributed by atoms with van der Waals surface area (Å²) in [4.78, 5) is 0. The number of aryl methyl sites for hydroxylation is 1. The normalized spacial score (nSPS) is 9.44. The van der Waals surface area contributed by atoms with Crippen molar-refractivity contribution < 1.29 is 0 Å². The molecule has 9 heavy (non-hydrogen) atoms. The molecule has 1 heteroatoms. The van der Waals surface area contributed by atoms with Crippen LogP contribution in [0.4, 0.5) is 0 Å². The van der Waals surface area contributed by atoms with Crippen LogP contribution in [0.3, 0.4) is 0 Å². The third-order valence-corrected chi connectivity index (χ3v) is 1.56. The molecule has 0 saturated heterocycles. The Bertz CT molecular complexity index is 157. The average molecular weight is 138 g/mol. The van der Waals surface area contributed by atoms with Crippen molar-refractivity contribution in [2.75, 3.05) is 6.16 Å². The number of hydrogen-bond acceptors (Lipinski definition) is 0. The lowest BCUT2D eigenvalue weighted by Crippen LogP contribution is -1.82. The maximum Gasteiger partial charge on any atom is -0.0244 e. The number of benzene rings is 1. The molecule has 0 amide bonds. The Morgan fingerprint density at radius 2 is 1.78 bits per heavy atom. The van der Waals surface area contributed by atoms with E-state index in [4.69, 9.17) is 0 Å². The monoisotopic (exact) mass is 138 g/mol. The molecule has 0 saturated carbocycles. The molecule has 0 aliphatic rings. The summed E-state index contributed by atoms with van der Waals surface area (Å²) >= 11 is 0. The van der Waals surface area contributed by atoms with E-state index in [1.54, 1.807) is 0 Å². The Hall–Kier alpha value is -0.350. The van der Waals surface area contributed by atoms with Gasteiger partial charge in [-0.2, -0.15) is 0 Å². The van der Waals surface area contributed by atoms with Gasteiger partial charge in [-0.15, -0.1) is 9.24 Å². The summed E-state index contributed by atoms with van der Waals surface area (Å²) in [5.41, 5.74) is 1.42. The summed E-state index contributed by atoms with van der Waals surface area (Å²) in [6.45, 7) is 0. The molecule has 48 valence electrons. The molecule has 1 aromatic rings. The highest BCUT2D eigenvalue weighted by Crippen LogP contribution is 2.00. The van der Waals surface area contributed by atoms with E-state index in [-0.39, 0.29) is 0 Å². The van der Waals surface area contributed by atoms with Crippen LogP contribution in [0.1, 0.15) is 5.56 Å². The van der Waals surface area contributed by atoms with Gasteiger partial charge in [0.15, 0.2) is 0 Å². The Balaban J connectivity index is 2.61. The smallest absolute Gasteiger partial charge is 0.0244 e. The third-order valence-electron chi connectivity index (χ3n) is 1.28. The van der Waals surface area contributed by atoms with Crippen LogP contribution in [0.25, 0.3) is 0 Å². The summed E-state index contributed by atoms with van der Waals surface area (Å²) in [6, 6.07) is 10.5. The molecule has 0 fully saturated rings. The zero-order valence-electron chi connectivity index (χ0n) is 5.38. The van der Waals surface area contributed by atoms with Gasteiger partial charge >= 0.3 is 0 Å². The Kier molecular flexibility index (Phi) is 2.73. The second-order valence-corrected chi connectivity index (χ2v) is 2.60. The van der Waals surface area contributed by atoms with E-state index in [0.717, 1.165) is 6.16 Å². The van der Waals surface area contributed by atoms with Gasteiger partial charge in [0.25, 0.3) is 0 Å². The Morgan fingerprint density at radius 3 is 2.33 bits per heavy atom. The van der Waals surface area contributed by atoms with Crippen molar-refractivity contribution in [2.24, 2.45) is 0 Å². The molecule has 1 unspecified atom stereocenters. The second-order valence-electron chi connectivity index (χ2n) is 2.02. The highest BCUT2D eigenvalue weighted by Gasteiger charge is 1.84. The first-order chi connectivity index (χ1) is 4.43. The van der Waals surface area contributed by atoms with Gasteiger partial charge in [0, 0.05) is 0 Å². The van der Waals surface area contributed by atoms with E-state index in [0.29, 0.717) is 0 Å². The summed E-state index contributed by atoms with van der Waals surface area (Å²) in [5, 5.41) is 0. The predicted molar refractivity (Wildman–Crippen MR) is 44.7 cm³/mol. The standard InChI is InChI=1S/C8H11P/c9-7-6-8-4-2-1-3-5-8/h1-5H,6-7,9H2. The molecule has 1 atom stereocenters. The predicted octanol–water partition coefficient (Wildman–Crippen LogP) is 2.10. The number of rotatable bonds is 2. The first-order valence-corrected chi connectivity index (χ1v) is 3.99. The number of hydrogen-bond donors (Lipinski definition) is 0. The largest absolute Gasteiger partial charge is 0.137 e. The molecule has 0 bridgehead atoms. The van der Waals surface area contributed by atoms with Crippen molar-refractivity contribution in [3.05, 3.63) is 35.9 Å². The van der Waals surface area contributed by atoms with Crippen LogP contribution in [0.2, 0.25) is 0 Å². The minimum Gasteiger partial charge on any atom is -0.137 e. The molecule has 1 aromatic carbocycles. The van der Waals surface area contributed by atoms with E-state index >= 15 is 0 Å². The summed E-state index contributed by atoms with van der Waals surface area (Å²) < 4.78 is 0. The van der Waals surface area contributed by atoms with Gasteiger partial charge in [-0.3, -0.25) is 0 Å². The van der Waals surface area contributed by atoms with E-state index < -0.39 is 0 Å². The van der Waals surface area contributed by atoms with Crippen LogP contribution in [-0.4, -0.2) is 6.16 Å². The van der Waals surface area contributed by atoms with Crippen molar-refractivity contribution in [1.29, 1.82) is 0 Å². The van der Waals surface area contributed by atoms with E-state index in [1.165, 1.54) is 12.0 Å². The van der Waals surface area contributed by atoms with Gasteiger partial charge in [-0.1, -0.05) is 30.3 Å². The molecule has 0 aliphatic heterocycles. The minimum atomic E-state index is 1.16. The molecular formula is C8H11P.